The van der Waals surface area contributed by atoms with Crippen molar-refractivity contribution >= 4 is 33.8 Å². The Kier molecular flexibility index (Phi) is 6.00. The molecule has 22 heavy (non-hydrogen) atoms. The van der Waals surface area contributed by atoms with Crippen LogP contribution in [0.5, 0.6) is 0 Å². The average molecular weight is 359 g/mol. The van der Waals surface area contributed by atoms with Gasteiger partial charge >= 0.3 is 0 Å². The summed E-state index contributed by atoms with van der Waals surface area (Å²) in [5.41, 5.74) is 3.58. The highest BCUT2D eigenvalue weighted by atomic mass is 35.5. The molecule has 2 aromatic rings. The van der Waals surface area contributed by atoms with Crippen LogP contribution in [0.1, 0.15) is 21.6 Å². The standard InChI is InChI=1S/C15H18N2O2S2.ClH/c18-21(19,7-5-15-2-1-6-20-15)17-9-12-3-4-13-10-16-11-14(13)8-12;/h1-4,6,8,16-17H,5,7,9-11H2;1H. The number of aryl methyl sites for hydroxylation is 1. The van der Waals surface area contributed by atoms with E-state index in [1.54, 1.807) is 11.3 Å². The summed E-state index contributed by atoms with van der Waals surface area (Å²) < 4.78 is 26.7. The van der Waals surface area contributed by atoms with Crippen molar-refractivity contribution in [1.29, 1.82) is 0 Å². The minimum absolute atomic E-state index is 0. The Morgan fingerprint density at radius 2 is 2.00 bits per heavy atom. The minimum atomic E-state index is -3.23. The first kappa shape index (κ1) is 17.4. The van der Waals surface area contributed by atoms with Gasteiger partial charge < -0.3 is 5.32 Å². The van der Waals surface area contributed by atoms with Crippen molar-refractivity contribution in [1.82, 2.24) is 10.0 Å². The lowest BCUT2D eigenvalue weighted by Gasteiger charge is -2.07. The van der Waals surface area contributed by atoms with Crippen LogP contribution in [0.2, 0.25) is 0 Å². The van der Waals surface area contributed by atoms with Gasteiger partial charge in [0.2, 0.25) is 10.0 Å². The topological polar surface area (TPSA) is 58.2 Å². The Bertz CT molecular complexity index is 715. The Labute approximate surface area is 141 Å². The molecule has 0 bridgehead atoms. The summed E-state index contributed by atoms with van der Waals surface area (Å²) in [4.78, 5) is 1.10. The van der Waals surface area contributed by atoms with E-state index in [0.717, 1.165) is 23.5 Å². The van der Waals surface area contributed by atoms with E-state index in [4.69, 9.17) is 0 Å². The molecule has 2 heterocycles. The third kappa shape index (κ3) is 4.54. The zero-order valence-corrected chi connectivity index (χ0v) is 14.5. The maximum Gasteiger partial charge on any atom is 0.212 e. The molecule has 1 aromatic heterocycles. The molecule has 0 spiro atoms. The second-order valence-electron chi connectivity index (χ2n) is 5.18. The highest BCUT2D eigenvalue weighted by Gasteiger charge is 2.13. The lowest BCUT2D eigenvalue weighted by Crippen LogP contribution is -2.26. The van der Waals surface area contributed by atoms with Crippen LogP contribution in [0.3, 0.4) is 0 Å². The van der Waals surface area contributed by atoms with Gasteiger partial charge in [0.15, 0.2) is 0 Å². The van der Waals surface area contributed by atoms with E-state index < -0.39 is 10.0 Å². The molecular weight excluding hydrogens is 340 g/mol. The van der Waals surface area contributed by atoms with Gasteiger partial charge in [-0.2, -0.15) is 0 Å². The fourth-order valence-corrected chi connectivity index (χ4v) is 4.27. The molecule has 0 saturated carbocycles. The Hall–Kier alpha value is -0.920. The molecule has 0 fully saturated rings. The molecule has 0 unspecified atom stereocenters. The number of nitrogens with one attached hydrogen (secondary N) is 2. The van der Waals surface area contributed by atoms with E-state index in [0.29, 0.717) is 13.0 Å². The van der Waals surface area contributed by atoms with Crippen molar-refractivity contribution < 1.29 is 8.42 Å². The molecule has 2 N–H and O–H groups in total. The van der Waals surface area contributed by atoms with Crippen LogP contribution in [-0.4, -0.2) is 14.2 Å². The van der Waals surface area contributed by atoms with Gasteiger partial charge in [0.25, 0.3) is 0 Å². The molecule has 3 rings (SSSR count). The average Bonchev–Trinajstić information content (AvgIpc) is 3.13. The monoisotopic (exact) mass is 358 g/mol. The molecular formula is C15H19ClN2O2S2. The van der Waals surface area contributed by atoms with Crippen LogP contribution in [0.15, 0.2) is 35.7 Å². The quantitative estimate of drug-likeness (QED) is 0.833. The van der Waals surface area contributed by atoms with Crippen molar-refractivity contribution in [3.8, 4) is 0 Å². The van der Waals surface area contributed by atoms with Crippen LogP contribution < -0.4 is 10.0 Å². The number of hydrogen-bond donors (Lipinski definition) is 2. The third-order valence-corrected chi connectivity index (χ3v) is 5.86. The van der Waals surface area contributed by atoms with E-state index in [2.05, 4.69) is 22.2 Å². The lowest BCUT2D eigenvalue weighted by atomic mass is 10.1. The van der Waals surface area contributed by atoms with Crippen molar-refractivity contribution in [2.45, 2.75) is 26.1 Å². The van der Waals surface area contributed by atoms with E-state index >= 15 is 0 Å². The van der Waals surface area contributed by atoms with Crippen LogP contribution in [0.25, 0.3) is 0 Å². The van der Waals surface area contributed by atoms with E-state index in [1.165, 1.54) is 11.1 Å². The molecule has 0 saturated heterocycles. The first-order chi connectivity index (χ1) is 10.1. The van der Waals surface area contributed by atoms with Gasteiger partial charge in [-0.05, 0) is 34.6 Å². The van der Waals surface area contributed by atoms with Crippen molar-refractivity contribution in [2.75, 3.05) is 5.75 Å². The summed E-state index contributed by atoms with van der Waals surface area (Å²) >= 11 is 1.59. The van der Waals surface area contributed by atoms with Crippen LogP contribution in [0.4, 0.5) is 0 Å². The maximum absolute atomic E-state index is 12.0. The van der Waals surface area contributed by atoms with E-state index in [1.807, 2.05) is 23.6 Å². The van der Waals surface area contributed by atoms with Crippen molar-refractivity contribution in [3.05, 3.63) is 57.3 Å². The summed E-state index contributed by atoms with van der Waals surface area (Å²) in [6.07, 6.45) is 0.571. The van der Waals surface area contributed by atoms with Gasteiger partial charge in [-0.25, -0.2) is 13.1 Å². The third-order valence-electron chi connectivity index (χ3n) is 3.60. The summed E-state index contributed by atoms with van der Waals surface area (Å²) in [5, 5.41) is 5.25. The number of hydrogen-bond acceptors (Lipinski definition) is 4. The number of sulfonamides is 1. The predicted molar refractivity (Wildman–Crippen MR) is 92.9 cm³/mol. The van der Waals surface area contributed by atoms with E-state index in [-0.39, 0.29) is 18.2 Å². The summed E-state index contributed by atoms with van der Waals surface area (Å²) in [6.45, 7) is 2.14. The normalized spacial score (nSPS) is 13.6. The molecule has 120 valence electrons. The zero-order valence-electron chi connectivity index (χ0n) is 12.0. The summed E-state index contributed by atoms with van der Waals surface area (Å²) in [6, 6.07) is 10.1. The molecule has 0 amide bonds. The number of thiophene rings is 1. The summed E-state index contributed by atoms with van der Waals surface area (Å²) in [5.74, 6) is 0.139. The highest BCUT2D eigenvalue weighted by Crippen LogP contribution is 2.17. The molecule has 1 aliphatic rings. The smallest absolute Gasteiger partial charge is 0.212 e. The molecule has 1 aliphatic heterocycles. The second-order valence-corrected chi connectivity index (χ2v) is 8.13. The molecule has 4 nitrogen and oxygen atoms in total. The number of benzene rings is 1. The van der Waals surface area contributed by atoms with Gasteiger partial charge in [0, 0.05) is 24.5 Å². The maximum atomic E-state index is 12.0. The Balaban J connectivity index is 0.00000176. The van der Waals surface area contributed by atoms with Crippen LogP contribution >= 0.6 is 23.7 Å². The molecule has 7 heteroatoms. The lowest BCUT2D eigenvalue weighted by molar-refractivity contribution is 0.580. The number of halogens is 1. The number of rotatable bonds is 6. The fourth-order valence-electron chi connectivity index (χ4n) is 2.41. The van der Waals surface area contributed by atoms with Crippen molar-refractivity contribution in [2.24, 2.45) is 0 Å². The van der Waals surface area contributed by atoms with E-state index in [9.17, 15) is 8.42 Å². The SMILES string of the molecule is Cl.O=S(=O)(CCc1cccs1)NCc1ccc2c(c1)CNC2. The highest BCUT2D eigenvalue weighted by molar-refractivity contribution is 7.89. The summed E-state index contributed by atoms with van der Waals surface area (Å²) in [7, 11) is -3.23. The minimum Gasteiger partial charge on any atom is -0.309 e. The fraction of sp³-hybridized carbons (Fsp3) is 0.333. The van der Waals surface area contributed by atoms with Gasteiger partial charge in [-0.3, -0.25) is 0 Å². The first-order valence-electron chi connectivity index (χ1n) is 6.93. The second kappa shape index (κ2) is 7.57. The molecule has 0 radical (unpaired) electrons. The van der Waals surface area contributed by atoms with Crippen molar-refractivity contribution in [3.63, 3.8) is 0 Å². The van der Waals surface area contributed by atoms with Crippen LogP contribution in [-0.2, 0) is 36.1 Å². The molecule has 0 atom stereocenters. The predicted octanol–water partition coefficient (Wildman–Crippen LogP) is 2.44. The van der Waals surface area contributed by atoms with Gasteiger partial charge in [-0.1, -0.05) is 24.3 Å². The molecule has 1 aromatic carbocycles. The zero-order chi connectivity index (χ0) is 14.7. The first-order valence-corrected chi connectivity index (χ1v) is 9.47. The van der Waals surface area contributed by atoms with Gasteiger partial charge in [-0.15, -0.1) is 23.7 Å². The number of fused-ring (bicyclic) bond motifs is 1. The Morgan fingerprint density at radius 3 is 2.77 bits per heavy atom. The largest absolute Gasteiger partial charge is 0.309 e. The van der Waals surface area contributed by atoms with Gasteiger partial charge in [0.05, 0.1) is 5.75 Å². The molecule has 0 aliphatic carbocycles. The van der Waals surface area contributed by atoms with Gasteiger partial charge in [0.1, 0.15) is 0 Å². The Morgan fingerprint density at radius 1 is 1.18 bits per heavy atom. The van der Waals surface area contributed by atoms with Crippen LogP contribution in [0, 0.1) is 0 Å².